The average molecular weight is 366 g/mol. The Labute approximate surface area is 123 Å². The first-order valence-corrected chi connectivity index (χ1v) is 9.19. The van der Waals surface area contributed by atoms with E-state index in [1.54, 1.807) is 24.3 Å². The minimum Gasteiger partial charge on any atom is -0.207 e. The van der Waals surface area contributed by atoms with Crippen LogP contribution in [0.1, 0.15) is 22.7 Å². The largest absolute Gasteiger partial charge is 0.242 e. The summed E-state index contributed by atoms with van der Waals surface area (Å²) in [5.74, 6) is 0. The molecular formula is C11H12BrNO2S3. The smallest absolute Gasteiger partial charge is 0.207 e. The van der Waals surface area contributed by atoms with E-state index in [4.69, 9.17) is 0 Å². The number of aryl methyl sites for hydroxylation is 1. The minimum absolute atomic E-state index is 0.215. The SMILES string of the molecule is Cc1sc(Br)cc1S(=O)(=O)NC(C)c1cccs1. The number of sulfonamides is 1. The molecule has 2 heterocycles. The lowest BCUT2D eigenvalue weighted by atomic mass is 10.3. The molecule has 0 spiro atoms. The monoisotopic (exact) mass is 365 g/mol. The van der Waals surface area contributed by atoms with Crippen LogP contribution in [0, 0.1) is 6.92 Å². The third-order valence-electron chi connectivity index (χ3n) is 2.43. The molecule has 98 valence electrons. The van der Waals surface area contributed by atoms with Gasteiger partial charge in [-0.25, -0.2) is 13.1 Å². The Hall–Kier alpha value is -0.210. The number of halogens is 1. The number of hydrogen-bond acceptors (Lipinski definition) is 4. The highest BCUT2D eigenvalue weighted by Gasteiger charge is 2.22. The lowest BCUT2D eigenvalue weighted by molar-refractivity contribution is 0.568. The fourth-order valence-electron chi connectivity index (χ4n) is 1.59. The van der Waals surface area contributed by atoms with Crippen molar-refractivity contribution >= 4 is 48.6 Å². The van der Waals surface area contributed by atoms with Crippen LogP contribution in [0.2, 0.25) is 0 Å². The van der Waals surface area contributed by atoms with Gasteiger partial charge in [-0.1, -0.05) is 6.07 Å². The number of hydrogen-bond donors (Lipinski definition) is 1. The van der Waals surface area contributed by atoms with Crippen molar-refractivity contribution in [2.45, 2.75) is 24.8 Å². The third-order valence-corrected chi connectivity index (χ3v) is 6.84. The van der Waals surface area contributed by atoms with E-state index in [1.807, 2.05) is 24.4 Å². The Kier molecular flexibility index (Phi) is 4.28. The molecule has 1 unspecified atom stereocenters. The van der Waals surface area contributed by atoms with Crippen molar-refractivity contribution in [3.8, 4) is 0 Å². The summed E-state index contributed by atoms with van der Waals surface area (Å²) in [7, 11) is -3.46. The van der Waals surface area contributed by atoms with Crippen molar-refractivity contribution < 1.29 is 8.42 Å². The van der Waals surface area contributed by atoms with Crippen molar-refractivity contribution in [3.05, 3.63) is 37.1 Å². The van der Waals surface area contributed by atoms with Crippen LogP contribution >= 0.6 is 38.6 Å². The summed E-state index contributed by atoms with van der Waals surface area (Å²) in [6.07, 6.45) is 0. The van der Waals surface area contributed by atoms with Crippen LogP contribution in [0.25, 0.3) is 0 Å². The maximum atomic E-state index is 12.3. The molecule has 0 saturated carbocycles. The Morgan fingerprint density at radius 2 is 2.17 bits per heavy atom. The molecule has 1 N–H and O–H groups in total. The molecule has 0 aliphatic carbocycles. The van der Waals surface area contributed by atoms with Crippen molar-refractivity contribution in [1.29, 1.82) is 0 Å². The van der Waals surface area contributed by atoms with Gasteiger partial charge in [0.1, 0.15) is 0 Å². The highest BCUT2D eigenvalue weighted by atomic mass is 79.9. The zero-order valence-corrected chi connectivity index (χ0v) is 13.8. The average Bonchev–Trinajstić information content (AvgIpc) is 2.86. The quantitative estimate of drug-likeness (QED) is 0.892. The summed E-state index contributed by atoms with van der Waals surface area (Å²) in [6.45, 7) is 3.65. The van der Waals surface area contributed by atoms with Gasteiger partial charge in [-0.2, -0.15) is 0 Å². The molecule has 0 aromatic carbocycles. The topological polar surface area (TPSA) is 46.2 Å². The lowest BCUT2D eigenvalue weighted by Crippen LogP contribution is -2.26. The molecule has 0 fully saturated rings. The zero-order chi connectivity index (χ0) is 13.3. The van der Waals surface area contributed by atoms with Gasteiger partial charge >= 0.3 is 0 Å². The molecule has 2 rings (SSSR count). The molecule has 2 aromatic rings. The van der Waals surface area contributed by atoms with Crippen molar-refractivity contribution in [2.24, 2.45) is 0 Å². The lowest BCUT2D eigenvalue weighted by Gasteiger charge is -2.12. The molecule has 0 aliphatic heterocycles. The molecule has 0 saturated heterocycles. The second kappa shape index (κ2) is 5.42. The summed E-state index contributed by atoms with van der Waals surface area (Å²) in [5, 5.41) is 1.94. The summed E-state index contributed by atoms with van der Waals surface area (Å²) < 4.78 is 28.0. The van der Waals surface area contributed by atoms with Gasteiger partial charge in [-0.15, -0.1) is 22.7 Å². The fourth-order valence-corrected chi connectivity index (χ4v) is 6.04. The standard InChI is InChI=1S/C11H12BrNO2S3/c1-7(9-4-3-5-16-9)13-18(14,15)10-6-11(12)17-8(10)2/h3-7,13H,1-2H3. The predicted molar refractivity (Wildman–Crippen MR) is 79.8 cm³/mol. The Bertz CT molecular complexity index is 631. The van der Waals surface area contributed by atoms with Gasteiger partial charge in [0.05, 0.1) is 14.7 Å². The molecule has 0 bridgehead atoms. The minimum atomic E-state index is -3.46. The highest BCUT2D eigenvalue weighted by molar-refractivity contribution is 9.11. The molecule has 3 nitrogen and oxygen atoms in total. The van der Waals surface area contributed by atoms with Gasteiger partial charge in [-0.05, 0) is 47.3 Å². The van der Waals surface area contributed by atoms with Crippen LogP contribution in [0.3, 0.4) is 0 Å². The normalized spacial score (nSPS) is 13.7. The van der Waals surface area contributed by atoms with Crippen molar-refractivity contribution in [3.63, 3.8) is 0 Å². The predicted octanol–water partition coefficient (Wildman–Crippen LogP) is 3.92. The molecule has 0 aliphatic rings. The summed E-state index contributed by atoms with van der Waals surface area (Å²) >= 11 is 6.27. The molecule has 18 heavy (non-hydrogen) atoms. The van der Waals surface area contributed by atoms with E-state index in [2.05, 4.69) is 20.7 Å². The maximum Gasteiger partial charge on any atom is 0.242 e. The van der Waals surface area contributed by atoms with E-state index in [1.165, 1.54) is 11.3 Å². The first kappa shape index (κ1) is 14.2. The van der Waals surface area contributed by atoms with E-state index in [-0.39, 0.29) is 6.04 Å². The Morgan fingerprint density at radius 3 is 2.67 bits per heavy atom. The van der Waals surface area contributed by atoms with Gasteiger partial charge in [-0.3, -0.25) is 0 Å². The highest BCUT2D eigenvalue weighted by Crippen LogP contribution is 2.30. The molecule has 7 heteroatoms. The van der Waals surface area contributed by atoms with Crippen LogP contribution in [0.15, 0.2) is 32.3 Å². The third kappa shape index (κ3) is 3.03. The Morgan fingerprint density at radius 1 is 1.44 bits per heavy atom. The number of rotatable bonds is 4. The van der Waals surface area contributed by atoms with Crippen LogP contribution < -0.4 is 4.72 Å². The molecule has 0 radical (unpaired) electrons. The second-order valence-corrected chi connectivity index (χ2v) is 9.13. The van der Waals surface area contributed by atoms with Crippen molar-refractivity contribution in [2.75, 3.05) is 0 Å². The van der Waals surface area contributed by atoms with E-state index < -0.39 is 10.0 Å². The van der Waals surface area contributed by atoms with E-state index in [0.29, 0.717) is 4.90 Å². The fraction of sp³-hybridized carbons (Fsp3) is 0.273. The van der Waals surface area contributed by atoms with E-state index in [0.717, 1.165) is 13.5 Å². The number of nitrogens with one attached hydrogen (secondary N) is 1. The van der Waals surface area contributed by atoms with Gasteiger partial charge < -0.3 is 0 Å². The molecule has 0 amide bonds. The van der Waals surface area contributed by atoms with Crippen molar-refractivity contribution in [1.82, 2.24) is 4.72 Å². The van der Waals surface area contributed by atoms with Crippen LogP contribution in [0.5, 0.6) is 0 Å². The summed E-state index contributed by atoms with van der Waals surface area (Å²) in [5.41, 5.74) is 0. The summed E-state index contributed by atoms with van der Waals surface area (Å²) in [4.78, 5) is 2.14. The Balaban J connectivity index is 2.25. The second-order valence-electron chi connectivity index (χ2n) is 3.83. The van der Waals surface area contributed by atoms with Crippen LogP contribution in [-0.4, -0.2) is 8.42 Å². The van der Waals surface area contributed by atoms with Crippen LogP contribution in [-0.2, 0) is 10.0 Å². The van der Waals surface area contributed by atoms with Crippen LogP contribution in [0.4, 0.5) is 0 Å². The molecule has 2 aromatic heterocycles. The molecule has 1 atom stereocenters. The van der Waals surface area contributed by atoms with Gasteiger partial charge in [0.2, 0.25) is 10.0 Å². The van der Waals surface area contributed by atoms with E-state index >= 15 is 0 Å². The van der Waals surface area contributed by atoms with Gasteiger partial charge in [0.15, 0.2) is 0 Å². The first-order chi connectivity index (χ1) is 8.40. The van der Waals surface area contributed by atoms with E-state index in [9.17, 15) is 8.42 Å². The number of thiophene rings is 2. The van der Waals surface area contributed by atoms with Gasteiger partial charge in [0, 0.05) is 9.75 Å². The maximum absolute atomic E-state index is 12.3. The first-order valence-electron chi connectivity index (χ1n) is 5.22. The molecular weight excluding hydrogens is 354 g/mol. The van der Waals surface area contributed by atoms with Gasteiger partial charge in [0.25, 0.3) is 0 Å². The zero-order valence-electron chi connectivity index (χ0n) is 9.81. The summed E-state index contributed by atoms with van der Waals surface area (Å²) in [6, 6.07) is 5.27.